The Hall–Kier alpha value is -3.42. The van der Waals surface area contributed by atoms with Gasteiger partial charge in [0.25, 0.3) is 0 Å². The Labute approximate surface area is 159 Å². The monoisotopic (exact) mass is 383 g/mol. The van der Waals surface area contributed by atoms with Crippen LogP contribution in [0.4, 0.5) is 13.2 Å². The van der Waals surface area contributed by atoms with Gasteiger partial charge in [0.15, 0.2) is 5.82 Å². The molecule has 2 heterocycles. The van der Waals surface area contributed by atoms with E-state index < -0.39 is 17.5 Å². The number of benzene rings is 2. The highest BCUT2D eigenvalue weighted by molar-refractivity contribution is 5.61. The normalized spacial score (nSPS) is 11.2. The lowest BCUT2D eigenvalue weighted by Gasteiger charge is -2.08. The molecule has 2 aromatic heterocycles. The topological polar surface area (TPSA) is 48.5 Å². The molecule has 0 fully saturated rings. The van der Waals surface area contributed by atoms with Crippen LogP contribution in [0.2, 0.25) is 0 Å². The standard InChI is InChI=1S/C20H16F3N5/c1-12-3-4-16(17(23)7-12)20-24-19(18-5-6-27(2)25-18)26-28(20)11-13-8-14(21)10-15(22)9-13/h3-10H,11H2,1-2H3. The van der Waals surface area contributed by atoms with Gasteiger partial charge >= 0.3 is 0 Å². The highest BCUT2D eigenvalue weighted by Crippen LogP contribution is 2.26. The van der Waals surface area contributed by atoms with Gasteiger partial charge < -0.3 is 0 Å². The van der Waals surface area contributed by atoms with E-state index in [2.05, 4.69) is 15.2 Å². The molecule has 2 aromatic carbocycles. The molecule has 5 nitrogen and oxygen atoms in total. The molecule has 0 N–H and O–H groups in total. The van der Waals surface area contributed by atoms with E-state index in [-0.39, 0.29) is 17.9 Å². The van der Waals surface area contributed by atoms with Crippen LogP contribution in [-0.2, 0) is 13.6 Å². The average molecular weight is 383 g/mol. The van der Waals surface area contributed by atoms with Gasteiger partial charge in [0.2, 0.25) is 5.82 Å². The molecule has 0 radical (unpaired) electrons. The zero-order valence-corrected chi connectivity index (χ0v) is 15.2. The van der Waals surface area contributed by atoms with Gasteiger partial charge in [-0.15, -0.1) is 5.10 Å². The van der Waals surface area contributed by atoms with Gasteiger partial charge in [-0.05, 0) is 48.4 Å². The molecular weight excluding hydrogens is 367 g/mol. The van der Waals surface area contributed by atoms with Crippen molar-refractivity contribution < 1.29 is 13.2 Å². The Kier molecular flexibility index (Phi) is 4.46. The number of aromatic nitrogens is 5. The molecule has 28 heavy (non-hydrogen) atoms. The van der Waals surface area contributed by atoms with Gasteiger partial charge in [-0.25, -0.2) is 22.8 Å². The van der Waals surface area contributed by atoms with Crippen molar-refractivity contribution in [2.75, 3.05) is 0 Å². The molecule has 0 saturated heterocycles. The highest BCUT2D eigenvalue weighted by atomic mass is 19.1. The second-order valence-corrected chi connectivity index (χ2v) is 6.55. The largest absolute Gasteiger partial charge is 0.275 e. The van der Waals surface area contributed by atoms with Crippen LogP contribution in [0.5, 0.6) is 0 Å². The fraction of sp³-hybridized carbons (Fsp3) is 0.150. The molecule has 0 aliphatic carbocycles. The maximum absolute atomic E-state index is 14.6. The SMILES string of the molecule is Cc1ccc(-c2nc(-c3ccn(C)n3)nn2Cc2cc(F)cc(F)c2)c(F)c1. The molecule has 0 atom stereocenters. The summed E-state index contributed by atoms with van der Waals surface area (Å²) in [4.78, 5) is 4.44. The number of hydrogen-bond acceptors (Lipinski definition) is 3. The molecule has 0 bridgehead atoms. The number of hydrogen-bond donors (Lipinski definition) is 0. The van der Waals surface area contributed by atoms with Crippen molar-refractivity contribution in [1.82, 2.24) is 24.5 Å². The Morgan fingerprint density at radius 2 is 1.68 bits per heavy atom. The van der Waals surface area contributed by atoms with Crippen LogP contribution in [0, 0.1) is 24.4 Å². The van der Waals surface area contributed by atoms with Crippen LogP contribution in [-0.4, -0.2) is 24.5 Å². The minimum absolute atomic E-state index is 0.0250. The molecule has 4 rings (SSSR count). The molecular formula is C20H16F3N5. The minimum Gasteiger partial charge on any atom is -0.275 e. The van der Waals surface area contributed by atoms with E-state index >= 15 is 0 Å². The van der Waals surface area contributed by atoms with Crippen molar-refractivity contribution in [2.45, 2.75) is 13.5 Å². The fourth-order valence-corrected chi connectivity index (χ4v) is 2.97. The second kappa shape index (κ2) is 6.95. The van der Waals surface area contributed by atoms with Gasteiger partial charge in [-0.1, -0.05) is 6.07 Å². The zero-order chi connectivity index (χ0) is 19.8. The lowest BCUT2D eigenvalue weighted by Crippen LogP contribution is -2.06. The van der Waals surface area contributed by atoms with E-state index in [1.54, 1.807) is 43.0 Å². The third-order valence-corrected chi connectivity index (χ3v) is 4.23. The molecule has 0 saturated carbocycles. The number of nitrogens with zero attached hydrogens (tertiary/aromatic N) is 5. The van der Waals surface area contributed by atoms with E-state index in [9.17, 15) is 13.2 Å². The number of aryl methyl sites for hydroxylation is 2. The van der Waals surface area contributed by atoms with Crippen LogP contribution in [0.15, 0.2) is 48.7 Å². The van der Waals surface area contributed by atoms with E-state index in [1.807, 2.05) is 0 Å². The van der Waals surface area contributed by atoms with E-state index in [1.165, 1.54) is 22.9 Å². The van der Waals surface area contributed by atoms with Crippen molar-refractivity contribution in [3.05, 3.63) is 77.2 Å². The van der Waals surface area contributed by atoms with Crippen molar-refractivity contribution in [3.63, 3.8) is 0 Å². The summed E-state index contributed by atoms with van der Waals surface area (Å²) in [6.07, 6.45) is 1.74. The summed E-state index contributed by atoms with van der Waals surface area (Å²) in [6.45, 7) is 1.81. The Morgan fingerprint density at radius 3 is 2.32 bits per heavy atom. The average Bonchev–Trinajstić information content (AvgIpc) is 3.20. The summed E-state index contributed by atoms with van der Waals surface area (Å²) in [5, 5.41) is 8.67. The van der Waals surface area contributed by atoms with Crippen LogP contribution in [0.3, 0.4) is 0 Å². The van der Waals surface area contributed by atoms with Crippen molar-refractivity contribution >= 4 is 0 Å². The molecule has 0 aliphatic rings. The first-order chi connectivity index (χ1) is 13.4. The van der Waals surface area contributed by atoms with Crippen molar-refractivity contribution in [3.8, 4) is 22.9 Å². The van der Waals surface area contributed by atoms with Crippen LogP contribution in [0.1, 0.15) is 11.1 Å². The summed E-state index contributed by atoms with van der Waals surface area (Å²) in [6, 6.07) is 9.72. The first-order valence-corrected chi connectivity index (χ1v) is 8.55. The van der Waals surface area contributed by atoms with Gasteiger partial charge in [-0.3, -0.25) is 4.68 Å². The van der Waals surface area contributed by atoms with Crippen LogP contribution >= 0.6 is 0 Å². The zero-order valence-electron chi connectivity index (χ0n) is 15.2. The summed E-state index contributed by atoms with van der Waals surface area (Å²) >= 11 is 0. The Morgan fingerprint density at radius 1 is 0.929 bits per heavy atom. The molecule has 0 aliphatic heterocycles. The van der Waals surface area contributed by atoms with Crippen LogP contribution in [0.25, 0.3) is 22.9 Å². The maximum atomic E-state index is 14.6. The molecule has 4 aromatic rings. The summed E-state index contributed by atoms with van der Waals surface area (Å²) < 4.78 is 44.8. The van der Waals surface area contributed by atoms with Crippen molar-refractivity contribution in [1.29, 1.82) is 0 Å². The lowest BCUT2D eigenvalue weighted by atomic mass is 10.1. The summed E-state index contributed by atoms with van der Waals surface area (Å²) in [7, 11) is 1.76. The first kappa shape index (κ1) is 18.0. The predicted molar refractivity (Wildman–Crippen MR) is 97.8 cm³/mol. The van der Waals surface area contributed by atoms with Gasteiger partial charge in [0.1, 0.15) is 23.1 Å². The lowest BCUT2D eigenvalue weighted by molar-refractivity contribution is 0.574. The number of halogens is 3. The third kappa shape index (κ3) is 3.53. The van der Waals surface area contributed by atoms with Crippen molar-refractivity contribution in [2.24, 2.45) is 7.05 Å². The van der Waals surface area contributed by atoms with E-state index in [0.717, 1.165) is 11.6 Å². The quantitative estimate of drug-likeness (QED) is 0.533. The molecule has 8 heteroatoms. The summed E-state index contributed by atoms with van der Waals surface area (Å²) in [5.41, 5.74) is 1.88. The smallest absolute Gasteiger partial charge is 0.202 e. The maximum Gasteiger partial charge on any atom is 0.202 e. The van der Waals surface area contributed by atoms with E-state index in [0.29, 0.717) is 17.1 Å². The van der Waals surface area contributed by atoms with E-state index in [4.69, 9.17) is 0 Å². The minimum atomic E-state index is -0.692. The predicted octanol–water partition coefficient (Wildman–Crippen LogP) is 4.12. The summed E-state index contributed by atoms with van der Waals surface area (Å²) in [5.74, 6) is -1.28. The number of rotatable bonds is 4. The molecule has 0 amide bonds. The highest BCUT2D eigenvalue weighted by Gasteiger charge is 2.18. The van der Waals surface area contributed by atoms with Gasteiger partial charge in [0, 0.05) is 19.3 Å². The third-order valence-electron chi connectivity index (χ3n) is 4.23. The molecule has 0 spiro atoms. The Bertz CT molecular complexity index is 1140. The van der Waals surface area contributed by atoms with Crippen LogP contribution < -0.4 is 0 Å². The van der Waals surface area contributed by atoms with Gasteiger partial charge in [0.05, 0.1) is 12.1 Å². The Balaban J connectivity index is 1.84. The second-order valence-electron chi connectivity index (χ2n) is 6.55. The molecule has 142 valence electrons. The fourth-order valence-electron chi connectivity index (χ4n) is 2.97. The van der Waals surface area contributed by atoms with Gasteiger partial charge in [-0.2, -0.15) is 5.10 Å². The first-order valence-electron chi connectivity index (χ1n) is 8.55. The molecule has 0 unspecified atom stereocenters.